The van der Waals surface area contributed by atoms with Crippen molar-refractivity contribution in [2.45, 2.75) is 6.92 Å². The second-order valence-electron chi connectivity index (χ2n) is 1.07. The fraction of sp³-hybridized carbons (Fsp3) is 0.750. The lowest BCUT2D eigenvalue weighted by molar-refractivity contribution is 0.253. The van der Waals surface area contributed by atoms with Gasteiger partial charge in [0.25, 0.3) is 0 Å². The largest absolute Gasteiger partial charge is 0.698 e. The summed E-state index contributed by atoms with van der Waals surface area (Å²) in [5.41, 5.74) is 0. The molecule has 0 aliphatic rings. The number of hydrogen-bond acceptors (Lipinski definition) is 4. The van der Waals surface area contributed by atoms with Gasteiger partial charge in [-0.25, -0.2) is 0 Å². The van der Waals surface area contributed by atoms with Crippen molar-refractivity contribution in [3.05, 3.63) is 0 Å². The van der Waals surface area contributed by atoms with Gasteiger partial charge in [0.2, 0.25) is 0 Å². The molecule has 5 heteroatoms. The lowest BCUT2D eigenvalue weighted by Gasteiger charge is -1.77. The number of hydrogen-bond donors (Lipinski definition) is 0. The predicted molar refractivity (Wildman–Crippen MR) is 30.8 cm³/mol. The molecule has 0 bridgehead atoms. The highest BCUT2D eigenvalue weighted by Crippen LogP contribution is 2.21. The maximum Gasteiger partial charge on any atom is 0.698 e. The summed E-state index contributed by atoms with van der Waals surface area (Å²) >= 11 is 0. The fourth-order valence-corrected chi connectivity index (χ4v) is 0.673. The summed E-state index contributed by atoms with van der Waals surface area (Å²) in [5.74, 6) is 0. The van der Waals surface area contributed by atoms with Crippen LogP contribution in [0.4, 0.5) is 0 Å². The zero-order valence-electron chi connectivity index (χ0n) is 5.03. The summed E-state index contributed by atoms with van der Waals surface area (Å²) in [4.78, 5) is 0. The third-order valence-corrected chi connectivity index (χ3v) is 1.28. The van der Waals surface area contributed by atoms with Gasteiger partial charge in [-0.1, -0.05) is 0 Å². The maximum absolute atomic E-state index is 10.4. The van der Waals surface area contributed by atoms with E-state index >= 15 is 0 Å². The molecule has 0 saturated carbocycles. The van der Waals surface area contributed by atoms with Crippen LogP contribution in [-0.2, 0) is 13.6 Å². The highest BCUT2D eigenvalue weighted by atomic mass is 31.1. The van der Waals surface area contributed by atoms with E-state index in [2.05, 4.69) is 9.05 Å². The Morgan fingerprint density at radius 3 is 2.78 bits per heavy atom. The Balaban J connectivity index is 3.19. The standard InChI is InChI=1S/C4H7NO3P/c1-2-7-9(6)8-4-3-5/h2,4H2,1H3/q+1. The molecule has 0 aliphatic carbocycles. The van der Waals surface area contributed by atoms with Gasteiger partial charge in [-0.2, -0.15) is 5.26 Å². The molecule has 0 saturated heterocycles. The third-order valence-electron chi connectivity index (χ3n) is 0.469. The van der Waals surface area contributed by atoms with Crippen LogP contribution in [0.2, 0.25) is 0 Å². The van der Waals surface area contributed by atoms with Crippen LogP contribution in [0, 0.1) is 11.3 Å². The lowest BCUT2D eigenvalue weighted by Crippen LogP contribution is -1.83. The molecule has 9 heavy (non-hydrogen) atoms. The van der Waals surface area contributed by atoms with Gasteiger partial charge >= 0.3 is 8.25 Å². The molecule has 0 amide bonds. The van der Waals surface area contributed by atoms with Gasteiger partial charge in [0.1, 0.15) is 6.61 Å². The van der Waals surface area contributed by atoms with E-state index in [0.29, 0.717) is 6.61 Å². The van der Waals surface area contributed by atoms with E-state index in [-0.39, 0.29) is 6.61 Å². The van der Waals surface area contributed by atoms with E-state index in [1.807, 2.05) is 0 Å². The molecule has 0 aliphatic heterocycles. The molecule has 0 radical (unpaired) electrons. The molecule has 0 N–H and O–H groups in total. The average Bonchev–Trinajstić information content (AvgIpc) is 1.85. The second kappa shape index (κ2) is 5.64. The second-order valence-corrected chi connectivity index (χ2v) is 2.04. The Bertz CT molecular complexity index is 130. The van der Waals surface area contributed by atoms with Gasteiger partial charge in [-0.3, -0.25) is 0 Å². The lowest BCUT2D eigenvalue weighted by atomic mass is 10.9. The molecule has 0 aromatic rings. The zero-order chi connectivity index (χ0) is 7.11. The molecule has 0 aromatic carbocycles. The zero-order valence-corrected chi connectivity index (χ0v) is 5.93. The summed E-state index contributed by atoms with van der Waals surface area (Å²) in [6.07, 6.45) is 0. The van der Waals surface area contributed by atoms with Crippen LogP contribution in [-0.4, -0.2) is 13.2 Å². The van der Waals surface area contributed by atoms with Gasteiger partial charge in [0.15, 0.2) is 6.61 Å². The van der Waals surface area contributed by atoms with Gasteiger partial charge in [-0.05, 0) is 6.92 Å². The van der Waals surface area contributed by atoms with Crippen LogP contribution in [0.15, 0.2) is 0 Å². The van der Waals surface area contributed by atoms with Crippen LogP contribution < -0.4 is 0 Å². The molecule has 1 atom stereocenters. The molecule has 4 nitrogen and oxygen atoms in total. The van der Waals surface area contributed by atoms with E-state index in [9.17, 15) is 4.57 Å². The van der Waals surface area contributed by atoms with E-state index in [4.69, 9.17) is 5.26 Å². The SMILES string of the molecule is CCO[P+](=O)OCC#N. The average molecular weight is 148 g/mol. The monoisotopic (exact) mass is 148 g/mol. The van der Waals surface area contributed by atoms with Gasteiger partial charge < -0.3 is 0 Å². The van der Waals surface area contributed by atoms with Crippen LogP contribution >= 0.6 is 8.25 Å². The highest BCUT2D eigenvalue weighted by molar-refractivity contribution is 7.33. The van der Waals surface area contributed by atoms with Crippen molar-refractivity contribution in [1.29, 1.82) is 5.26 Å². The predicted octanol–water partition coefficient (Wildman–Crippen LogP) is 1.22. The first-order valence-electron chi connectivity index (χ1n) is 2.41. The number of nitrogens with zero attached hydrogens (tertiary/aromatic N) is 1. The summed E-state index contributed by atoms with van der Waals surface area (Å²) in [7, 11) is -2.06. The van der Waals surface area contributed by atoms with Crippen molar-refractivity contribution in [3.63, 3.8) is 0 Å². The Morgan fingerprint density at radius 1 is 1.67 bits per heavy atom. The Hall–Kier alpha value is -0.490. The van der Waals surface area contributed by atoms with Crippen molar-refractivity contribution in [2.24, 2.45) is 0 Å². The molecule has 0 aromatic heterocycles. The first-order valence-corrected chi connectivity index (χ1v) is 3.50. The first kappa shape index (κ1) is 8.51. The van der Waals surface area contributed by atoms with Crippen LogP contribution in [0.5, 0.6) is 0 Å². The van der Waals surface area contributed by atoms with Crippen molar-refractivity contribution < 1.29 is 13.6 Å². The van der Waals surface area contributed by atoms with Gasteiger partial charge in [0, 0.05) is 4.57 Å². The van der Waals surface area contributed by atoms with Crippen molar-refractivity contribution in [2.75, 3.05) is 13.2 Å². The number of nitriles is 1. The van der Waals surface area contributed by atoms with E-state index in [1.165, 1.54) is 0 Å². The van der Waals surface area contributed by atoms with Crippen LogP contribution in [0.3, 0.4) is 0 Å². The molecule has 0 heterocycles. The van der Waals surface area contributed by atoms with Crippen LogP contribution in [0.1, 0.15) is 6.92 Å². The molecule has 0 rings (SSSR count). The summed E-state index contributed by atoms with van der Waals surface area (Å²) in [5, 5.41) is 7.92. The minimum atomic E-state index is -2.06. The van der Waals surface area contributed by atoms with E-state index in [0.717, 1.165) is 0 Å². The van der Waals surface area contributed by atoms with Gasteiger partial charge in [0.05, 0.1) is 6.07 Å². The third kappa shape index (κ3) is 5.38. The first-order chi connectivity index (χ1) is 4.31. The number of rotatable bonds is 4. The molecular formula is C4H7NO3P+. The van der Waals surface area contributed by atoms with E-state index in [1.54, 1.807) is 13.0 Å². The molecule has 1 unspecified atom stereocenters. The maximum atomic E-state index is 10.4. The quantitative estimate of drug-likeness (QED) is 0.562. The van der Waals surface area contributed by atoms with Gasteiger partial charge in [-0.15, -0.1) is 9.05 Å². The van der Waals surface area contributed by atoms with Crippen LogP contribution in [0.25, 0.3) is 0 Å². The summed E-state index contributed by atoms with van der Waals surface area (Å²) in [6.45, 7) is 1.85. The van der Waals surface area contributed by atoms with Crippen molar-refractivity contribution >= 4 is 8.25 Å². The molecular weight excluding hydrogens is 141 g/mol. The summed E-state index contributed by atoms with van der Waals surface area (Å²) in [6, 6.07) is 1.67. The topological polar surface area (TPSA) is 59.3 Å². The Morgan fingerprint density at radius 2 is 2.33 bits per heavy atom. The molecule has 50 valence electrons. The minimum absolute atomic E-state index is 0.185. The smallest absolute Gasteiger partial charge is 0.196 e. The fourth-order valence-electron chi connectivity index (χ4n) is 0.224. The minimum Gasteiger partial charge on any atom is -0.196 e. The molecule has 0 fully saturated rings. The summed E-state index contributed by atoms with van der Waals surface area (Å²) < 4.78 is 19.2. The van der Waals surface area contributed by atoms with Crippen molar-refractivity contribution in [1.82, 2.24) is 0 Å². The van der Waals surface area contributed by atoms with E-state index < -0.39 is 8.25 Å². The highest BCUT2D eigenvalue weighted by Gasteiger charge is 2.17. The normalized spacial score (nSPS) is 10.4. The Labute approximate surface area is 54.3 Å². The Kier molecular flexibility index (Phi) is 5.34. The van der Waals surface area contributed by atoms with Crippen molar-refractivity contribution in [3.8, 4) is 6.07 Å². The molecule has 0 spiro atoms.